The third-order valence-electron chi connectivity index (χ3n) is 7.13. The molecule has 7 nitrogen and oxygen atoms in total. The molecule has 2 aromatic carbocycles. The van der Waals surface area contributed by atoms with E-state index in [1.54, 1.807) is 0 Å². The van der Waals surface area contributed by atoms with Crippen LogP contribution in [-0.2, 0) is 9.59 Å². The fourth-order valence-corrected chi connectivity index (χ4v) is 5.21. The first-order valence-corrected chi connectivity index (χ1v) is 12.5. The van der Waals surface area contributed by atoms with Crippen LogP contribution in [0.3, 0.4) is 0 Å². The Morgan fingerprint density at radius 2 is 1.65 bits per heavy atom. The van der Waals surface area contributed by atoms with Crippen molar-refractivity contribution in [3.8, 4) is 5.75 Å². The predicted molar refractivity (Wildman–Crippen MR) is 133 cm³/mol. The highest BCUT2D eigenvalue weighted by molar-refractivity contribution is 5.86. The van der Waals surface area contributed by atoms with E-state index < -0.39 is 6.10 Å². The predicted octanol–water partition coefficient (Wildman–Crippen LogP) is 2.92. The van der Waals surface area contributed by atoms with Crippen LogP contribution in [0.15, 0.2) is 48.5 Å². The zero-order valence-electron chi connectivity index (χ0n) is 20.0. The summed E-state index contributed by atoms with van der Waals surface area (Å²) in [6.45, 7) is 7.41. The molecule has 7 heteroatoms. The summed E-state index contributed by atoms with van der Waals surface area (Å²) < 4.78 is 6.11. The lowest BCUT2D eigenvalue weighted by Crippen LogP contribution is -2.55. The van der Waals surface area contributed by atoms with Gasteiger partial charge in [-0.3, -0.25) is 9.59 Å². The molecule has 1 unspecified atom stereocenters. The van der Waals surface area contributed by atoms with Gasteiger partial charge in [0.2, 0.25) is 5.91 Å². The third-order valence-corrected chi connectivity index (χ3v) is 7.13. The maximum Gasteiger partial charge on any atom is 0.265 e. The van der Waals surface area contributed by atoms with Crippen LogP contribution in [0, 0.1) is 6.92 Å². The van der Waals surface area contributed by atoms with Crippen LogP contribution in [0.4, 0.5) is 11.4 Å². The van der Waals surface area contributed by atoms with Gasteiger partial charge < -0.3 is 24.3 Å². The summed E-state index contributed by atoms with van der Waals surface area (Å²) in [5, 5.41) is 0. The molecule has 34 heavy (non-hydrogen) atoms. The molecule has 0 bridgehead atoms. The number of carbonyl (C=O) groups is 2. The second kappa shape index (κ2) is 9.95. The van der Waals surface area contributed by atoms with Crippen LogP contribution in [0.1, 0.15) is 24.8 Å². The molecule has 0 aliphatic carbocycles. The molecule has 0 saturated carbocycles. The number of aryl methyl sites for hydroxylation is 1. The molecule has 2 fully saturated rings. The summed E-state index contributed by atoms with van der Waals surface area (Å²) in [6.07, 6.45) is 2.70. The number of hydrogen-bond donors (Lipinski definition) is 0. The third kappa shape index (κ3) is 4.83. The minimum Gasteiger partial charge on any atom is -0.477 e. The Morgan fingerprint density at radius 1 is 0.882 bits per heavy atom. The number of anilines is 2. The fraction of sp³-hybridized carbons (Fsp3) is 0.481. The number of fused-ring (bicyclic) bond motifs is 1. The molecule has 0 N–H and O–H groups in total. The van der Waals surface area contributed by atoms with E-state index in [0.29, 0.717) is 25.4 Å². The molecule has 1 atom stereocenters. The van der Waals surface area contributed by atoms with Crippen molar-refractivity contribution in [1.82, 2.24) is 9.80 Å². The van der Waals surface area contributed by atoms with E-state index in [1.807, 2.05) is 39.0 Å². The van der Waals surface area contributed by atoms with Gasteiger partial charge in [-0.1, -0.05) is 24.3 Å². The highest BCUT2D eigenvalue weighted by Crippen LogP contribution is 2.33. The molecule has 2 saturated heterocycles. The second-order valence-electron chi connectivity index (χ2n) is 9.55. The van der Waals surface area contributed by atoms with E-state index >= 15 is 0 Å². The fourth-order valence-electron chi connectivity index (χ4n) is 5.21. The zero-order chi connectivity index (χ0) is 23.5. The van der Waals surface area contributed by atoms with Gasteiger partial charge in [-0.15, -0.1) is 0 Å². The van der Waals surface area contributed by atoms with E-state index in [-0.39, 0.29) is 18.4 Å². The number of ether oxygens (including phenoxy) is 1. The van der Waals surface area contributed by atoms with Gasteiger partial charge in [0, 0.05) is 45.0 Å². The van der Waals surface area contributed by atoms with Gasteiger partial charge >= 0.3 is 0 Å². The van der Waals surface area contributed by atoms with E-state index in [0.717, 1.165) is 44.7 Å². The summed E-state index contributed by atoms with van der Waals surface area (Å²) >= 11 is 0. The maximum absolute atomic E-state index is 13.3. The monoisotopic (exact) mass is 462 g/mol. The van der Waals surface area contributed by atoms with Crippen LogP contribution >= 0.6 is 0 Å². The average molecular weight is 463 g/mol. The number of para-hydroxylation sites is 2. The van der Waals surface area contributed by atoms with Crippen LogP contribution in [0.5, 0.6) is 5.75 Å². The number of amides is 2. The van der Waals surface area contributed by atoms with Crippen molar-refractivity contribution in [3.63, 3.8) is 0 Å². The number of nitrogens with zero attached hydrogens (tertiary/aromatic N) is 4. The van der Waals surface area contributed by atoms with E-state index in [9.17, 15) is 9.59 Å². The Hall–Kier alpha value is -3.22. The number of piperidine rings is 1. The van der Waals surface area contributed by atoms with Crippen LogP contribution in [0.25, 0.3) is 0 Å². The smallest absolute Gasteiger partial charge is 0.265 e. The standard InChI is InChI=1S/C27H34N4O3/c1-21-8-7-9-22(18-21)28-14-16-29(17-15-28)26(32)20-31-19-25(27(33)30-12-5-2-6-13-30)34-24-11-4-3-10-23(24)31/h3-4,7-11,18,25H,2,5-6,12-17,19-20H2,1H3. The lowest BCUT2D eigenvalue weighted by atomic mass is 10.1. The number of hydrogen-bond acceptors (Lipinski definition) is 5. The van der Waals surface area contributed by atoms with Crippen molar-refractivity contribution >= 4 is 23.2 Å². The molecule has 3 aliphatic heterocycles. The van der Waals surface area contributed by atoms with Crippen LogP contribution < -0.4 is 14.5 Å². The first kappa shape index (κ1) is 22.6. The van der Waals surface area contributed by atoms with Gasteiger partial charge in [-0.05, 0) is 56.0 Å². The van der Waals surface area contributed by atoms with Gasteiger partial charge in [-0.2, -0.15) is 0 Å². The molecular weight excluding hydrogens is 428 g/mol. The number of likely N-dealkylation sites (tertiary alicyclic amines) is 1. The second-order valence-corrected chi connectivity index (χ2v) is 9.55. The molecule has 3 aliphatic rings. The van der Waals surface area contributed by atoms with Crippen molar-refractivity contribution < 1.29 is 14.3 Å². The molecule has 0 radical (unpaired) electrons. The Bertz CT molecular complexity index is 1030. The van der Waals surface area contributed by atoms with E-state index in [4.69, 9.17) is 4.74 Å². The van der Waals surface area contributed by atoms with Crippen molar-refractivity contribution in [1.29, 1.82) is 0 Å². The van der Waals surface area contributed by atoms with Gasteiger partial charge in [0.15, 0.2) is 6.10 Å². The summed E-state index contributed by atoms with van der Waals surface area (Å²) in [6, 6.07) is 16.2. The Kier molecular flexibility index (Phi) is 6.61. The Labute approximate surface area is 201 Å². The summed E-state index contributed by atoms with van der Waals surface area (Å²) in [7, 11) is 0. The van der Waals surface area contributed by atoms with Crippen molar-refractivity contribution in [2.75, 3.05) is 62.2 Å². The van der Waals surface area contributed by atoms with Crippen LogP contribution in [-0.4, -0.2) is 80.1 Å². The molecule has 5 rings (SSSR count). The molecule has 2 aromatic rings. The molecule has 0 spiro atoms. The highest BCUT2D eigenvalue weighted by atomic mass is 16.5. The number of benzene rings is 2. The lowest BCUT2D eigenvalue weighted by Gasteiger charge is -2.40. The van der Waals surface area contributed by atoms with Crippen molar-refractivity contribution in [2.45, 2.75) is 32.3 Å². The number of rotatable bonds is 4. The van der Waals surface area contributed by atoms with Gasteiger partial charge in [-0.25, -0.2) is 0 Å². The molecule has 0 aromatic heterocycles. The van der Waals surface area contributed by atoms with E-state index in [1.165, 1.54) is 17.7 Å². The summed E-state index contributed by atoms with van der Waals surface area (Å²) in [5.74, 6) is 0.823. The van der Waals surface area contributed by atoms with Crippen LogP contribution in [0.2, 0.25) is 0 Å². The summed E-state index contributed by atoms with van der Waals surface area (Å²) in [5.41, 5.74) is 3.35. The topological polar surface area (TPSA) is 56.3 Å². The normalized spacial score (nSPS) is 20.6. The van der Waals surface area contributed by atoms with Gasteiger partial charge in [0.25, 0.3) is 5.91 Å². The lowest BCUT2D eigenvalue weighted by molar-refractivity contribution is -0.140. The Balaban J connectivity index is 1.23. The highest BCUT2D eigenvalue weighted by Gasteiger charge is 2.35. The van der Waals surface area contributed by atoms with Crippen molar-refractivity contribution in [3.05, 3.63) is 54.1 Å². The average Bonchev–Trinajstić information content (AvgIpc) is 2.88. The minimum atomic E-state index is -0.570. The van der Waals surface area contributed by atoms with Gasteiger partial charge in [0.1, 0.15) is 5.75 Å². The molecule has 2 amide bonds. The van der Waals surface area contributed by atoms with Gasteiger partial charge in [0.05, 0.1) is 18.8 Å². The maximum atomic E-state index is 13.3. The quantitative estimate of drug-likeness (QED) is 0.699. The SMILES string of the molecule is Cc1cccc(N2CCN(C(=O)CN3CC(C(=O)N4CCCCC4)Oc4ccccc43)CC2)c1. The van der Waals surface area contributed by atoms with E-state index in [2.05, 4.69) is 36.1 Å². The number of piperazine rings is 1. The zero-order valence-corrected chi connectivity index (χ0v) is 20.0. The number of carbonyl (C=O) groups excluding carboxylic acids is 2. The largest absolute Gasteiger partial charge is 0.477 e. The molecular formula is C27H34N4O3. The summed E-state index contributed by atoms with van der Waals surface area (Å²) in [4.78, 5) is 34.7. The van der Waals surface area contributed by atoms with Crippen molar-refractivity contribution in [2.24, 2.45) is 0 Å². The first-order valence-electron chi connectivity index (χ1n) is 12.5. The first-order chi connectivity index (χ1) is 16.6. The molecule has 3 heterocycles. The minimum absolute atomic E-state index is 0.0402. The molecule has 180 valence electrons. The Morgan fingerprint density at radius 3 is 2.41 bits per heavy atom.